The minimum absolute atomic E-state index is 0.221. The van der Waals surface area contributed by atoms with Gasteiger partial charge in [0.1, 0.15) is 5.75 Å². The van der Waals surface area contributed by atoms with E-state index in [1.165, 1.54) is 6.07 Å². The Labute approximate surface area is 126 Å². The lowest BCUT2D eigenvalue weighted by molar-refractivity contribution is 0.192. The Morgan fingerprint density at radius 2 is 2.05 bits per heavy atom. The van der Waals surface area contributed by atoms with Crippen LogP contribution in [0.1, 0.15) is 19.4 Å². The van der Waals surface area contributed by atoms with Gasteiger partial charge in [-0.15, -0.1) is 0 Å². The van der Waals surface area contributed by atoms with E-state index in [0.717, 1.165) is 5.56 Å². The van der Waals surface area contributed by atoms with Crippen molar-refractivity contribution in [3.8, 4) is 5.75 Å². The van der Waals surface area contributed by atoms with E-state index in [9.17, 15) is 8.42 Å². The summed E-state index contributed by atoms with van der Waals surface area (Å²) in [5, 5.41) is 12.0. The van der Waals surface area contributed by atoms with Crippen molar-refractivity contribution < 1.29 is 18.3 Å². The number of hydrogen-bond donors (Lipinski definition) is 3. The quantitative estimate of drug-likeness (QED) is 0.582. The molecule has 7 heteroatoms. The monoisotopic (exact) mass is 316 g/mol. The van der Waals surface area contributed by atoms with Gasteiger partial charge < -0.3 is 15.2 Å². The van der Waals surface area contributed by atoms with E-state index in [-0.39, 0.29) is 11.4 Å². The zero-order valence-electron chi connectivity index (χ0n) is 12.7. The molecule has 0 heterocycles. The molecule has 120 valence electrons. The van der Waals surface area contributed by atoms with Gasteiger partial charge in [0.2, 0.25) is 10.0 Å². The van der Waals surface area contributed by atoms with E-state index in [0.29, 0.717) is 25.4 Å². The van der Waals surface area contributed by atoms with E-state index in [1.54, 1.807) is 19.1 Å². The first-order valence-electron chi connectivity index (χ1n) is 6.98. The molecule has 0 aromatic heterocycles. The summed E-state index contributed by atoms with van der Waals surface area (Å²) in [6.07, 6.45) is -0.449. The van der Waals surface area contributed by atoms with Gasteiger partial charge in [-0.1, -0.05) is 0 Å². The standard InChI is InChI=1S/C14H24N2O4S/c1-4-20-14-6-5-13(9-11(14)2)21(18,19)16-8-7-15-10-12(3)17/h5-6,9,12,15-17H,4,7-8,10H2,1-3H3. The Hall–Kier alpha value is -1.15. The number of nitrogens with one attached hydrogen (secondary N) is 2. The summed E-state index contributed by atoms with van der Waals surface area (Å²) < 4.78 is 32.1. The van der Waals surface area contributed by atoms with Crippen LogP contribution in [0.3, 0.4) is 0 Å². The van der Waals surface area contributed by atoms with E-state index < -0.39 is 16.1 Å². The summed E-state index contributed by atoms with van der Waals surface area (Å²) in [6, 6.07) is 4.79. The molecule has 1 aromatic rings. The first-order chi connectivity index (χ1) is 9.86. The Kier molecular flexibility index (Phi) is 7.10. The molecule has 0 aliphatic heterocycles. The largest absolute Gasteiger partial charge is 0.494 e. The maximum absolute atomic E-state index is 12.1. The molecule has 1 rings (SSSR count). The Bertz CT molecular complexity index is 544. The number of benzene rings is 1. The predicted octanol–water partition coefficient (Wildman–Crippen LogP) is 0.642. The van der Waals surface area contributed by atoms with Gasteiger partial charge in [-0.05, 0) is 44.5 Å². The molecule has 0 radical (unpaired) electrons. The minimum atomic E-state index is -3.52. The average Bonchev–Trinajstić information content (AvgIpc) is 2.40. The Morgan fingerprint density at radius 3 is 2.62 bits per heavy atom. The van der Waals surface area contributed by atoms with Gasteiger partial charge in [-0.2, -0.15) is 0 Å². The second-order valence-corrected chi connectivity index (χ2v) is 6.58. The molecule has 0 aliphatic carbocycles. The molecule has 1 atom stereocenters. The molecule has 6 nitrogen and oxygen atoms in total. The molecule has 0 fully saturated rings. The number of ether oxygens (including phenoxy) is 1. The maximum atomic E-state index is 12.1. The van der Waals surface area contributed by atoms with E-state index in [2.05, 4.69) is 10.0 Å². The van der Waals surface area contributed by atoms with E-state index >= 15 is 0 Å². The third kappa shape index (κ3) is 6.01. The summed E-state index contributed by atoms with van der Waals surface area (Å²) in [7, 11) is -3.52. The minimum Gasteiger partial charge on any atom is -0.494 e. The molecule has 21 heavy (non-hydrogen) atoms. The number of rotatable bonds is 9. The molecule has 1 aromatic carbocycles. The van der Waals surface area contributed by atoms with E-state index in [4.69, 9.17) is 9.84 Å². The molecule has 3 N–H and O–H groups in total. The van der Waals surface area contributed by atoms with Crippen LogP contribution in [0.25, 0.3) is 0 Å². The highest BCUT2D eigenvalue weighted by Crippen LogP contribution is 2.21. The molecule has 0 saturated heterocycles. The first-order valence-corrected chi connectivity index (χ1v) is 8.47. The summed E-state index contributed by atoms with van der Waals surface area (Å²) in [5.74, 6) is 0.690. The molecule has 0 bridgehead atoms. The van der Waals surface area contributed by atoms with Crippen LogP contribution in [-0.2, 0) is 10.0 Å². The highest BCUT2D eigenvalue weighted by atomic mass is 32.2. The van der Waals surface area contributed by atoms with Gasteiger partial charge in [0.15, 0.2) is 0 Å². The van der Waals surface area contributed by atoms with Crippen LogP contribution in [0.4, 0.5) is 0 Å². The Morgan fingerprint density at radius 1 is 1.33 bits per heavy atom. The van der Waals surface area contributed by atoms with Crippen molar-refractivity contribution in [1.82, 2.24) is 10.0 Å². The zero-order valence-corrected chi connectivity index (χ0v) is 13.5. The van der Waals surface area contributed by atoms with Gasteiger partial charge in [-0.3, -0.25) is 0 Å². The number of hydrogen-bond acceptors (Lipinski definition) is 5. The van der Waals surface area contributed by atoms with Crippen molar-refractivity contribution in [2.45, 2.75) is 31.8 Å². The first kappa shape index (κ1) is 17.9. The fraction of sp³-hybridized carbons (Fsp3) is 0.571. The number of aliphatic hydroxyl groups is 1. The number of aryl methyl sites for hydroxylation is 1. The number of aliphatic hydroxyl groups excluding tert-OH is 1. The second-order valence-electron chi connectivity index (χ2n) is 4.81. The summed E-state index contributed by atoms with van der Waals surface area (Å²) in [5.41, 5.74) is 0.784. The van der Waals surface area contributed by atoms with Crippen molar-refractivity contribution in [2.24, 2.45) is 0 Å². The molecule has 0 aliphatic rings. The smallest absolute Gasteiger partial charge is 0.240 e. The lowest BCUT2D eigenvalue weighted by Crippen LogP contribution is -2.34. The SMILES string of the molecule is CCOc1ccc(S(=O)(=O)NCCNCC(C)O)cc1C. The molecule has 1 unspecified atom stereocenters. The third-order valence-electron chi connectivity index (χ3n) is 2.79. The van der Waals surface area contributed by atoms with Gasteiger partial charge in [0.25, 0.3) is 0 Å². The highest BCUT2D eigenvalue weighted by molar-refractivity contribution is 7.89. The summed E-state index contributed by atoms with van der Waals surface area (Å²) in [4.78, 5) is 0.221. The third-order valence-corrected chi connectivity index (χ3v) is 4.25. The van der Waals surface area contributed by atoms with Gasteiger partial charge in [0.05, 0.1) is 17.6 Å². The fourth-order valence-electron chi connectivity index (χ4n) is 1.77. The highest BCUT2D eigenvalue weighted by Gasteiger charge is 2.14. The van der Waals surface area contributed by atoms with Crippen LogP contribution in [0.15, 0.2) is 23.1 Å². The van der Waals surface area contributed by atoms with Crippen molar-refractivity contribution in [2.75, 3.05) is 26.2 Å². The maximum Gasteiger partial charge on any atom is 0.240 e. The van der Waals surface area contributed by atoms with Gasteiger partial charge >= 0.3 is 0 Å². The molecule has 0 spiro atoms. The van der Waals surface area contributed by atoms with Crippen molar-refractivity contribution >= 4 is 10.0 Å². The van der Waals surface area contributed by atoms with Crippen LogP contribution >= 0.6 is 0 Å². The molecule has 0 saturated carbocycles. The average molecular weight is 316 g/mol. The second kappa shape index (κ2) is 8.33. The van der Waals surface area contributed by atoms with Crippen LogP contribution in [-0.4, -0.2) is 45.9 Å². The van der Waals surface area contributed by atoms with Crippen LogP contribution in [0.5, 0.6) is 5.75 Å². The Balaban J connectivity index is 2.60. The van der Waals surface area contributed by atoms with E-state index in [1.807, 2.05) is 13.8 Å². The molecule has 0 amide bonds. The van der Waals surface area contributed by atoms with Crippen molar-refractivity contribution in [3.63, 3.8) is 0 Å². The van der Waals surface area contributed by atoms with Crippen LogP contribution in [0, 0.1) is 6.92 Å². The van der Waals surface area contributed by atoms with Crippen molar-refractivity contribution in [1.29, 1.82) is 0 Å². The summed E-state index contributed by atoms with van der Waals surface area (Å²) >= 11 is 0. The van der Waals surface area contributed by atoms with Crippen LogP contribution in [0.2, 0.25) is 0 Å². The fourth-order valence-corrected chi connectivity index (χ4v) is 2.89. The van der Waals surface area contributed by atoms with Gasteiger partial charge in [0, 0.05) is 19.6 Å². The lowest BCUT2D eigenvalue weighted by Gasteiger charge is -2.11. The topological polar surface area (TPSA) is 87.7 Å². The zero-order chi connectivity index (χ0) is 15.9. The predicted molar refractivity (Wildman–Crippen MR) is 82.1 cm³/mol. The van der Waals surface area contributed by atoms with Gasteiger partial charge in [-0.25, -0.2) is 13.1 Å². The molecular formula is C14H24N2O4S. The summed E-state index contributed by atoms with van der Waals surface area (Å²) in [6.45, 7) is 7.06. The normalized spacial score (nSPS) is 13.1. The number of sulfonamides is 1. The molecular weight excluding hydrogens is 292 g/mol. The lowest BCUT2D eigenvalue weighted by atomic mass is 10.2. The van der Waals surface area contributed by atoms with Crippen molar-refractivity contribution in [3.05, 3.63) is 23.8 Å². The van der Waals surface area contributed by atoms with Crippen LogP contribution < -0.4 is 14.8 Å².